The maximum absolute atomic E-state index is 12.4. The van der Waals surface area contributed by atoms with E-state index < -0.39 is 9.84 Å². The summed E-state index contributed by atoms with van der Waals surface area (Å²) in [7, 11) is -3.08. The molecule has 6 nitrogen and oxygen atoms in total. The first kappa shape index (κ1) is 18.0. The fourth-order valence-corrected chi connectivity index (χ4v) is 4.64. The minimum atomic E-state index is -3.08. The highest BCUT2D eigenvalue weighted by molar-refractivity contribution is 7.89. The van der Waals surface area contributed by atoms with Crippen LogP contribution in [0.15, 0.2) is 24.3 Å². The van der Waals surface area contributed by atoms with E-state index in [1.54, 1.807) is 24.3 Å². The molecule has 0 aliphatic carbocycles. The molecule has 1 aliphatic heterocycles. The van der Waals surface area contributed by atoms with Gasteiger partial charge < -0.3 is 0 Å². The van der Waals surface area contributed by atoms with Gasteiger partial charge in [-0.3, -0.25) is 15.0 Å². The lowest BCUT2D eigenvalue weighted by atomic mass is 10.1. The Morgan fingerprint density at radius 1 is 1.32 bits per heavy atom. The van der Waals surface area contributed by atoms with E-state index >= 15 is 0 Å². The van der Waals surface area contributed by atoms with Gasteiger partial charge in [-0.1, -0.05) is 19.1 Å². The number of benzene rings is 1. The van der Waals surface area contributed by atoms with Crippen LogP contribution in [-0.2, 0) is 28.6 Å². The third-order valence-electron chi connectivity index (χ3n) is 4.12. The number of carbonyl (C=O) groups excluding carboxylic acids is 1. The van der Waals surface area contributed by atoms with Crippen LogP contribution in [0.1, 0.15) is 33.4 Å². The van der Waals surface area contributed by atoms with Crippen molar-refractivity contribution in [2.24, 2.45) is 0 Å². The zero-order valence-electron chi connectivity index (χ0n) is 14.3. The second-order valence-electron chi connectivity index (χ2n) is 6.23. The quantitative estimate of drug-likeness (QED) is 0.862. The number of hydrogen-bond acceptors (Lipinski definition) is 6. The van der Waals surface area contributed by atoms with E-state index in [9.17, 15) is 13.2 Å². The van der Waals surface area contributed by atoms with E-state index in [0.29, 0.717) is 16.3 Å². The van der Waals surface area contributed by atoms with Crippen LogP contribution in [0.2, 0.25) is 0 Å². The molecule has 0 saturated heterocycles. The molecule has 1 aromatic heterocycles. The van der Waals surface area contributed by atoms with Crippen molar-refractivity contribution in [3.8, 4) is 0 Å². The molecule has 1 aliphatic rings. The lowest BCUT2D eigenvalue weighted by molar-refractivity contribution is 0.102. The van der Waals surface area contributed by atoms with E-state index in [4.69, 9.17) is 0 Å². The highest BCUT2D eigenvalue weighted by atomic mass is 32.2. The second-order valence-corrected chi connectivity index (χ2v) is 9.45. The predicted molar refractivity (Wildman–Crippen MR) is 99.7 cm³/mol. The molecule has 1 N–H and O–H groups in total. The molecule has 0 radical (unpaired) electrons. The molecule has 8 heteroatoms. The maximum Gasteiger partial charge on any atom is 0.257 e. The molecule has 0 saturated carbocycles. The number of amides is 1. The van der Waals surface area contributed by atoms with Crippen molar-refractivity contribution in [3.63, 3.8) is 0 Å². The number of hydrogen-bond donors (Lipinski definition) is 1. The Bertz CT molecular complexity index is 873. The van der Waals surface area contributed by atoms with Gasteiger partial charge in [0.05, 0.1) is 11.4 Å². The average molecular weight is 380 g/mol. The molecule has 0 bridgehead atoms. The van der Waals surface area contributed by atoms with Crippen molar-refractivity contribution in [3.05, 3.63) is 46.0 Å². The molecule has 0 fully saturated rings. The van der Waals surface area contributed by atoms with Crippen LogP contribution in [0.25, 0.3) is 0 Å². The van der Waals surface area contributed by atoms with Crippen LogP contribution >= 0.6 is 11.3 Å². The van der Waals surface area contributed by atoms with Crippen molar-refractivity contribution in [2.75, 3.05) is 24.7 Å². The average Bonchev–Trinajstić information content (AvgIpc) is 2.95. The number of likely N-dealkylation sites (N-methyl/N-ethyl adjacent to an activating group) is 1. The number of fused-ring (bicyclic) bond motifs is 1. The van der Waals surface area contributed by atoms with Crippen LogP contribution in [0.4, 0.5) is 5.13 Å². The number of thiazole rings is 1. The summed E-state index contributed by atoms with van der Waals surface area (Å²) in [6, 6.07) is 6.62. The summed E-state index contributed by atoms with van der Waals surface area (Å²) in [5.74, 6) is -0.258. The predicted octanol–water partition coefficient (Wildman–Crippen LogP) is 2.32. The fourth-order valence-electron chi connectivity index (χ4n) is 2.80. The van der Waals surface area contributed by atoms with Gasteiger partial charge in [0.1, 0.15) is 0 Å². The molecular weight excluding hydrogens is 358 g/mol. The Labute approximate surface area is 151 Å². The van der Waals surface area contributed by atoms with Crippen molar-refractivity contribution in [1.29, 1.82) is 0 Å². The van der Waals surface area contributed by atoms with E-state index in [1.807, 2.05) is 0 Å². The Balaban J connectivity index is 1.67. The Morgan fingerprint density at radius 3 is 2.68 bits per heavy atom. The van der Waals surface area contributed by atoms with Crippen LogP contribution in [0.3, 0.4) is 0 Å². The summed E-state index contributed by atoms with van der Waals surface area (Å²) in [4.78, 5) is 20.5. The SMILES string of the molecule is CCN1CCc2nc(NC(=O)c3ccc(CS(C)(=O)=O)cc3)sc2C1. The monoisotopic (exact) mass is 379 g/mol. The molecule has 3 rings (SSSR count). The summed E-state index contributed by atoms with van der Waals surface area (Å²) in [6.45, 7) is 5.04. The van der Waals surface area contributed by atoms with Crippen LogP contribution in [-0.4, -0.2) is 43.6 Å². The fraction of sp³-hybridized carbons (Fsp3) is 0.412. The summed E-state index contributed by atoms with van der Waals surface area (Å²) in [5, 5.41) is 3.47. The first-order chi connectivity index (χ1) is 11.8. The Kier molecular flexibility index (Phi) is 5.21. The molecular formula is C17H21N3O3S2. The molecule has 25 heavy (non-hydrogen) atoms. The Morgan fingerprint density at radius 2 is 2.04 bits per heavy atom. The topological polar surface area (TPSA) is 79.4 Å². The molecule has 0 unspecified atom stereocenters. The number of carbonyl (C=O) groups is 1. The van der Waals surface area contributed by atoms with Crippen LogP contribution in [0.5, 0.6) is 0 Å². The smallest absolute Gasteiger partial charge is 0.257 e. The van der Waals surface area contributed by atoms with Crippen molar-refractivity contribution in [2.45, 2.75) is 25.6 Å². The molecule has 1 aromatic carbocycles. The van der Waals surface area contributed by atoms with Crippen molar-refractivity contribution >= 4 is 32.2 Å². The highest BCUT2D eigenvalue weighted by Gasteiger charge is 2.20. The minimum Gasteiger partial charge on any atom is -0.298 e. The van der Waals surface area contributed by atoms with Crippen molar-refractivity contribution < 1.29 is 13.2 Å². The van der Waals surface area contributed by atoms with Crippen LogP contribution < -0.4 is 5.32 Å². The van der Waals surface area contributed by atoms with Gasteiger partial charge in [0.2, 0.25) is 0 Å². The Hall–Kier alpha value is -1.77. The zero-order chi connectivity index (χ0) is 18.0. The first-order valence-corrected chi connectivity index (χ1v) is 11.0. The standard InChI is InChI=1S/C17H21N3O3S2/c1-3-20-9-8-14-15(10-20)24-17(18-14)19-16(21)13-6-4-12(5-7-13)11-25(2,22)23/h4-7H,3,8-11H2,1-2H3,(H,18,19,21). The van der Waals surface area contributed by atoms with E-state index in [-0.39, 0.29) is 11.7 Å². The van der Waals surface area contributed by atoms with Gasteiger partial charge in [0.25, 0.3) is 5.91 Å². The van der Waals surface area contributed by atoms with E-state index in [1.165, 1.54) is 22.5 Å². The molecule has 1 amide bonds. The van der Waals surface area contributed by atoms with E-state index in [0.717, 1.165) is 31.7 Å². The molecule has 2 aromatic rings. The molecule has 0 atom stereocenters. The lowest BCUT2D eigenvalue weighted by Crippen LogP contribution is -2.29. The van der Waals surface area contributed by atoms with Gasteiger partial charge in [-0.25, -0.2) is 13.4 Å². The summed E-state index contributed by atoms with van der Waals surface area (Å²) >= 11 is 1.52. The van der Waals surface area contributed by atoms with Crippen molar-refractivity contribution in [1.82, 2.24) is 9.88 Å². The third-order valence-corrected chi connectivity index (χ3v) is 5.98. The lowest BCUT2D eigenvalue weighted by Gasteiger charge is -2.23. The number of anilines is 1. The molecule has 134 valence electrons. The normalized spacial score (nSPS) is 15.0. The number of sulfone groups is 1. The highest BCUT2D eigenvalue weighted by Crippen LogP contribution is 2.28. The summed E-state index contributed by atoms with van der Waals surface area (Å²) in [5.41, 5.74) is 2.23. The summed E-state index contributed by atoms with van der Waals surface area (Å²) in [6.07, 6.45) is 2.10. The van der Waals surface area contributed by atoms with Gasteiger partial charge in [-0.05, 0) is 24.2 Å². The third kappa shape index (κ3) is 4.65. The number of nitrogens with zero attached hydrogens (tertiary/aromatic N) is 2. The molecule has 2 heterocycles. The molecule has 0 spiro atoms. The van der Waals surface area contributed by atoms with E-state index in [2.05, 4.69) is 22.1 Å². The van der Waals surface area contributed by atoms with Gasteiger partial charge in [0.15, 0.2) is 15.0 Å². The van der Waals surface area contributed by atoms with Crippen LogP contribution in [0, 0.1) is 0 Å². The van der Waals surface area contributed by atoms with Gasteiger partial charge in [-0.2, -0.15) is 0 Å². The minimum absolute atomic E-state index is 0.0258. The van der Waals surface area contributed by atoms with Gasteiger partial charge >= 0.3 is 0 Å². The largest absolute Gasteiger partial charge is 0.298 e. The maximum atomic E-state index is 12.4. The number of aromatic nitrogens is 1. The van der Waals surface area contributed by atoms with Gasteiger partial charge in [-0.15, -0.1) is 11.3 Å². The summed E-state index contributed by atoms with van der Waals surface area (Å²) < 4.78 is 22.6. The van der Waals surface area contributed by atoms with Gasteiger partial charge in [0, 0.05) is 36.2 Å². The number of nitrogens with one attached hydrogen (secondary N) is 1. The second kappa shape index (κ2) is 7.23. The number of rotatable bonds is 5. The first-order valence-electron chi connectivity index (χ1n) is 8.13. The zero-order valence-corrected chi connectivity index (χ0v) is 15.9.